The highest BCUT2D eigenvalue weighted by Crippen LogP contribution is 2.19. The van der Waals surface area contributed by atoms with Gasteiger partial charge in [-0.3, -0.25) is 9.59 Å². The maximum absolute atomic E-state index is 12.5. The van der Waals surface area contributed by atoms with Crippen LogP contribution in [-0.4, -0.2) is 38.5 Å². The maximum atomic E-state index is 12.5. The molecule has 0 bridgehead atoms. The van der Waals surface area contributed by atoms with Crippen LogP contribution in [0.15, 0.2) is 70.7 Å². The average Bonchev–Trinajstić information content (AvgIpc) is 3.17. The molecular weight excluding hydrogens is 386 g/mol. The van der Waals surface area contributed by atoms with Crippen molar-refractivity contribution in [2.24, 2.45) is 0 Å². The van der Waals surface area contributed by atoms with E-state index >= 15 is 0 Å². The molecule has 0 spiro atoms. The molecule has 0 fully saturated rings. The van der Waals surface area contributed by atoms with Crippen LogP contribution in [0, 0.1) is 6.92 Å². The highest BCUT2D eigenvalue weighted by atomic mass is 32.2. The second-order valence-corrected chi connectivity index (χ2v) is 7.54. The zero-order chi connectivity index (χ0) is 20.4. The fourth-order valence-corrected chi connectivity index (χ4v) is 3.63. The minimum atomic E-state index is -0.278. The van der Waals surface area contributed by atoms with Crippen LogP contribution in [0.4, 0.5) is 5.69 Å². The molecule has 2 heterocycles. The molecule has 0 saturated heterocycles. The van der Waals surface area contributed by atoms with E-state index in [9.17, 15) is 9.59 Å². The zero-order valence-electron chi connectivity index (χ0n) is 16.0. The lowest BCUT2D eigenvalue weighted by Gasteiger charge is -2.16. The van der Waals surface area contributed by atoms with E-state index < -0.39 is 0 Å². The number of carbonyl (C=O) groups is 1. The largest absolute Gasteiger partial charge is 0.315 e. The summed E-state index contributed by atoms with van der Waals surface area (Å²) in [5.74, 6) is 0.0643. The van der Waals surface area contributed by atoms with Crippen molar-refractivity contribution in [2.45, 2.75) is 12.1 Å². The van der Waals surface area contributed by atoms with Crippen molar-refractivity contribution >= 4 is 34.4 Å². The van der Waals surface area contributed by atoms with Gasteiger partial charge in [-0.25, -0.2) is 9.67 Å². The molecule has 0 radical (unpaired) electrons. The second-order valence-electron chi connectivity index (χ2n) is 6.58. The number of fused-ring (bicyclic) bond motifs is 1. The van der Waals surface area contributed by atoms with Crippen molar-refractivity contribution in [3.05, 3.63) is 76.7 Å². The van der Waals surface area contributed by atoms with Crippen LogP contribution >= 0.6 is 11.8 Å². The van der Waals surface area contributed by atoms with Crippen LogP contribution in [0.25, 0.3) is 16.7 Å². The van der Waals surface area contributed by atoms with Gasteiger partial charge in [-0.15, -0.1) is 0 Å². The number of anilines is 1. The Hall–Kier alpha value is -3.39. The molecule has 0 aliphatic heterocycles. The number of thioether (sulfide) groups is 1. The number of para-hydroxylation sites is 1. The third kappa shape index (κ3) is 3.93. The van der Waals surface area contributed by atoms with Gasteiger partial charge in [0, 0.05) is 12.7 Å². The lowest BCUT2D eigenvalue weighted by Crippen LogP contribution is -2.28. The summed E-state index contributed by atoms with van der Waals surface area (Å²) in [6.07, 6.45) is 1.50. The number of benzene rings is 2. The molecule has 29 heavy (non-hydrogen) atoms. The molecule has 4 aromatic rings. The van der Waals surface area contributed by atoms with Crippen molar-refractivity contribution in [3.8, 4) is 5.69 Å². The van der Waals surface area contributed by atoms with Crippen LogP contribution in [0.2, 0.25) is 0 Å². The monoisotopic (exact) mass is 405 g/mol. The van der Waals surface area contributed by atoms with Crippen molar-refractivity contribution in [1.82, 2.24) is 19.7 Å². The first kappa shape index (κ1) is 18.9. The van der Waals surface area contributed by atoms with E-state index in [4.69, 9.17) is 0 Å². The van der Waals surface area contributed by atoms with E-state index in [1.807, 2.05) is 61.5 Å². The Balaban J connectivity index is 1.58. The number of hydrogen-bond acceptors (Lipinski definition) is 5. The smallest absolute Gasteiger partial charge is 0.262 e. The lowest BCUT2D eigenvalue weighted by atomic mass is 10.2. The highest BCUT2D eigenvalue weighted by Gasteiger charge is 2.15. The summed E-state index contributed by atoms with van der Waals surface area (Å²) in [6.45, 7) is 2.01. The third-order valence-corrected chi connectivity index (χ3v) is 5.40. The Bertz CT molecular complexity index is 1220. The second kappa shape index (κ2) is 7.92. The number of carbonyl (C=O) groups excluding carboxylic acids is 1. The van der Waals surface area contributed by atoms with Crippen LogP contribution in [-0.2, 0) is 4.79 Å². The standard InChI is InChI=1S/C21H19N5O2S/c1-14-8-10-16(11-9-14)26-19-17(12-22-26)20(28)24-21(23-19)29-13-18(27)25(2)15-6-4-3-5-7-15/h3-12H,13H2,1-2H3,(H,23,24,28). The first-order valence-electron chi connectivity index (χ1n) is 9.02. The Morgan fingerprint density at radius 1 is 1.14 bits per heavy atom. The Labute approximate surface area is 171 Å². The van der Waals surface area contributed by atoms with Gasteiger partial charge in [0.2, 0.25) is 5.91 Å². The number of aryl methyl sites for hydroxylation is 1. The topological polar surface area (TPSA) is 83.9 Å². The third-order valence-electron chi connectivity index (χ3n) is 4.54. The Kier molecular flexibility index (Phi) is 5.18. The molecule has 0 unspecified atom stereocenters. The van der Waals surface area contributed by atoms with Gasteiger partial charge < -0.3 is 9.88 Å². The normalized spacial score (nSPS) is 11.0. The Morgan fingerprint density at radius 2 is 1.86 bits per heavy atom. The summed E-state index contributed by atoms with van der Waals surface area (Å²) in [5, 5.41) is 5.10. The molecule has 1 N–H and O–H groups in total. The summed E-state index contributed by atoms with van der Waals surface area (Å²) >= 11 is 1.19. The first-order valence-corrected chi connectivity index (χ1v) is 10.0. The van der Waals surface area contributed by atoms with Crippen molar-refractivity contribution in [3.63, 3.8) is 0 Å². The number of aromatic amines is 1. The van der Waals surface area contributed by atoms with Crippen LogP contribution < -0.4 is 10.5 Å². The number of nitrogens with one attached hydrogen (secondary N) is 1. The molecular formula is C21H19N5O2S. The van der Waals surface area contributed by atoms with Gasteiger partial charge in [-0.1, -0.05) is 47.7 Å². The summed E-state index contributed by atoms with van der Waals surface area (Å²) in [4.78, 5) is 33.8. The number of aromatic nitrogens is 4. The van der Waals surface area contributed by atoms with Crippen molar-refractivity contribution < 1.29 is 4.79 Å². The lowest BCUT2D eigenvalue weighted by molar-refractivity contribution is -0.115. The summed E-state index contributed by atoms with van der Waals surface area (Å²) < 4.78 is 1.63. The van der Waals surface area contributed by atoms with Gasteiger partial charge in [-0.05, 0) is 31.2 Å². The number of rotatable bonds is 5. The fourth-order valence-electron chi connectivity index (χ4n) is 2.86. The van der Waals surface area contributed by atoms with Crippen LogP contribution in [0.1, 0.15) is 5.56 Å². The van der Waals surface area contributed by atoms with Crippen LogP contribution in [0.5, 0.6) is 0 Å². The minimum Gasteiger partial charge on any atom is -0.315 e. The van der Waals surface area contributed by atoms with Gasteiger partial charge in [0.1, 0.15) is 5.39 Å². The molecule has 0 aliphatic carbocycles. The van der Waals surface area contributed by atoms with Gasteiger partial charge in [0.15, 0.2) is 10.8 Å². The molecule has 0 aliphatic rings. The molecule has 1 amide bonds. The van der Waals surface area contributed by atoms with E-state index in [0.29, 0.717) is 16.2 Å². The Morgan fingerprint density at radius 3 is 2.59 bits per heavy atom. The molecule has 0 atom stereocenters. The fraction of sp³-hybridized carbons (Fsp3) is 0.143. The number of nitrogens with zero attached hydrogens (tertiary/aromatic N) is 4. The predicted octanol–water partition coefficient (Wildman–Crippen LogP) is 3.17. The van der Waals surface area contributed by atoms with E-state index in [1.165, 1.54) is 18.0 Å². The summed E-state index contributed by atoms with van der Waals surface area (Å²) in [5.41, 5.74) is 2.95. The number of amides is 1. The quantitative estimate of drug-likeness (QED) is 0.407. The number of H-pyrrole nitrogens is 1. The SMILES string of the molecule is Cc1ccc(-n2ncc3c(=O)[nH]c(SCC(=O)N(C)c4ccccc4)nc32)cc1. The van der Waals surface area contributed by atoms with E-state index in [0.717, 1.165) is 16.9 Å². The minimum absolute atomic E-state index is 0.0870. The molecule has 7 nitrogen and oxygen atoms in total. The van der Waals surface area contributed by atoms with E-state index in [-0.39, 0.29) is 17.2 Å². The molecule has 0 saturated carbocycles. The van der Waals surface area contributed by atoms with Gasteiger partial charge in [-0.2, -0.15) is 5.10 Å². The van der Waals surface area contributed by atoms with Gasteiger partial charge >= 0.3 is 0 Å². The van der Waals surface area contributed by atoms with Crippen molar-refractivity contribution in [2.75, 3.05) is 17.7 Å². The number of hydrogen-bond donors (Lipinski definition) is 1. The highest BCUT2D eigenvalue weighted by molar-refractivity contribution is 7.99. The van der Waals surface area contributed by atoms with E-state index in [2.05, 4.69) is 15.1 Å². The zero-order valence-corrected chi connectivity index (χ0v) is 16.8. The summed E-state index contributed by atoms with van der Waals surface area (Å²) in [6, 6.07) is 17.2. The predicted molar refractivity (Wildman–Crippen MR) is 115 cm³/mol. The molecule has 4 rings (SSSR count). The molecule has 8 heteroatoms. The van der Waals surface area contributed by atoms with Gasteiger partial charge in [0.05, 0.1) is 17.6 Å². The molecule has 2 aromatic heterocycles. The average molecular weight is 405 g/mol. The van der Waals surface area contributed by atoms with Crippen LogP contribution in [0.3, 0.4) is 0 Å². The van der Waals surface area contributed by atoms with E-state index in [1.54, 1.807) is 16.6 Å². The summed E-state index contributed by atoms with van der Waals surface area (Å²) in [7, 11) is 1.73. The first-order chi connectivity index (χ1) is 14.0. The van der Waals surface area contributed by atoms with Crippen molar-refractivity contribution in [1.29, 1.82) is 0 Å². The molecule has 2 aromatic carbocycles. The maximum Gasteiger partial charge on any atom is 0.262 e. The van der Waals surface area contributed by atoms with Gasteiger partial charge in [0.25, 0.3) is 5.56 Å². The molecule has 146 valence electrons.